The van der Waals surface area contributed by atoms with E-state index >= 15 is 0 Å². The van der Waals surface area contributed by atoms with Gasteiger partial charge in [-0.25, -0.2) is 18.4 Å². The molecule has 1 saturated carbocycles. The zero-order valence-electron chi connectivity index (χ0n) is 14.8. The third-order valence-corrected chi connectivity index (χ3v) is 5.24. The standard InChI is InChI=1S/C18H23N3O3S/c1-12-8-15(10-21(2)18(12)22)17-14(7-6-13-4-5-13)9-19-16(20-17)11-25(3,23)24/h8-10,13H,4-7,11H2,1-3H3. The van der Waals surface area contributed by atoms with Crippen molar-refractivity contribution in [1.82, 2.24) is 14.5 Å². The zero-order chi connectivity index (χ0) is 18.2. The van der Waals surface area contributed by atoms with Crippen LogP contribution >= 0.6 is 0 Å². The highest BCUT2D eigenvalue weighted by molar-refractivity contribution is 7.89. The topological polar surface area (TPSA) is 81.9 Å². The minimum atomic E-state index is -3.21. The van der Waals surface area contributed by atoms with Gasteiger partial charge in [-0.3, -0.25) is 4.79 Å². The second-order valence-corrected chi connectivity index (χ2v) is 9.18. The Morgan fingerprint density at radius 1 is 1.32 bits per heavy atom. The molecule has 2 aromatic rings. The Morgan fingerprint density at radius 3 is 2.64 bits per heavy atom. The lowest BCUT2D eigenvalue weighted by Crippen LogP contribution is -2.19. The van der Waals surface area contributed by atoms with Gasteiger partial charge in [0.05, 0.1) is 5.69 Å². The summed E-state index contributed by atoms with van der Waals surface area (Å²) < 4.78 is 24.7. The average molecular weight is 361 g/mol. The minimum absolute atomic E-state index is 0.0475. The van der Waals surface area contributed by atoms with Gasteiger partial charge < -0.3 is 4.57 Å². The normalized spacial score (nSPS) is 14.7. The predicted octanol–water partition coefficient (Wildman–Crippen LogP) is 2.04. The van der Waals surface area contributed by atoms with Crippen molar-refractivity contribution >= 4 is 9.84 Å². The lowest BCUT2D eigenvalue weighted by Gasteiger charge is -2.12. The Bertz CT molecular complexity index is 934. The lowest BCUT2D eigenvalue weighted by atomic mass is 10.0. The van der Waals surface area contributed by atoms with Gasteiger partial charge in [0.1, 0.15) is 11.6 Å². The first kappa shape index (κ1) is 17.8. The van der Waals surface area contributed by atoms with Crippen LogP contribution in [0.2, 0.25) is 0 Å². The molecule has 134 valence electrons. The van der Waals surface area contributed by atoms with E-state index in [1.54, 1.807) is 26.4 Å². The molecular formula is C18H23N3O3S. The molecule has 0 bridgehead atoms. The molecule has 1 aliphatic carbocycles. The van der Waals surface area contributed by atoms with Crippen molar-refractivity contribution in [2.24, 2.45) is 13.0 Å². The van der Waals surface area contributed by atoms with Crippen LogP contribution < -0.4 is 5.56 Å². The summed E-state index contributed by atoms with van der Waals surface area (Å²) in [6, 6.07) is 1.81. The number of pyridine rings is 1. The van der Waals surface area contributed by atoms with Gasteiger partial charge in [-0.2, -0.15) is 0 Å². The predicted molar refractivity (Wildman–Crippen MR) is 97.0 cm³/mol. The summed E-state index contributed by atoms with van der Waals surface area (Å²) >= 11 is 0. The van der Waals surface area contributed by atoms with E-state index < -0.39 is 9.84 Å². The molecule has 1 fully saturated rings. The number of rotatable bonds is 6. The fraction of sp³-hybridized carbons (Fsp3) is 0.500. The number of hydrogen-bond acceptors (Lipinski definition) is 5. The van der Waals surface area contributed by atoms with Crippen LogP contribution in [0.1, 0.15) is 36.2 Å². The quantitative estimate of drug-likeness (QED) is 0.786. The van der Waals surface area contributed by atoms with Crippen molar-refractivity contribution in [2.75, 3.05) is 6.26 Å². The third kappa shape index (κ3) is 4.54. The second kappa shape index (κ2) is 6.71. The van der Waals surface area contributed by atoms with Crippen LogP contribution in [0, 0.1) is 12.8 Å². The molecule has 7 heteroatoms. The first-order chi connectivity index (χ1) is 11.7. The van der Waals surface area contributed by atoms with E-state index in [0.717, 1.165) is 35.6 Å². The van der Waals surface area contributed by atoms with Crippen LogP contribution in [0.5, 0.6) is 0 Å². The Hall–Kier alpha value is -2.02. The van der Waals surface area contributed by atoms with Gasteiger partial charge in [-0.05, 0) is 37.3 Å². The molecule has 2 heterocycles. The van der Waals surface area contributed by atoms with Gasteiger partial charge in [-0.15, -0.1) is 0 Å². The highest BCUT2D eigenvalue weighted by Gasteiger charge is 2.22. The Balaban J connectivity index is 2.05. The summed E-state index contributed by atoms with van der Waals surface area (Å²) in [4.78, 5) is 20.8. The lowest BCUT2D eigenvalue weighted by molar-refractivity contribution is 0.599. The molecule has 0 unspecified atom stereocenters. The van der Waals surface area contributed by atoms with E-state index in [-0.39, 0.29) is 11.3 Å². The first-order valence-corrected chi connectivity index (χ1v) is 10.5. The van der Waals surface area contributed by atoms with Gasteiger partial charge >= 0.3 is 0 Å². The molecule has 3 rings (SSSR count). The van der Waals surface area contributed by atoms with E-state index in [2.05, 4.69) is 9.97 Å². The Kier molecular flexibility index (Phi) is 4.77. The van der Waals surface area contributed by atoms with E-state index in [4.69, 9.17) is 0 Å². The minimum Gasteiger partial charge on any atom is -0.318 e. The van der Waals surface area contributed by atoms with Gasteiger partial charge in [0.15, 0.2) is 9.84 Å². The van der Waals surface area contributed by atoms with Crippen LogP contribution in [0.3, 0.4) is 0 Å². The fourth-order valence-corrected chi connectivity index (χ4v) is 3.56. The molecule has 1 aliphatic rings. The van der Waals surface area contributed by atoms with Crippen molar-refractivity contribution in [3.63, 3.8) is 0 Å². The van der Waals surface area contributed by atoms with Crippen molar-refractivity contribution in [3.8, 4) is 11.3 Å². The van der Waals surface area contributed by atoms with Crippen LogP contribution in [-0.4, -0.2) is 29.2 Å². The first-order valence-electron chi connectivity index (χ1n) is 8.43. The van der Waals surface area contributed by atoms with Crippen molar-refractivity contribution in [2.45, 2.75) is 38.4 Å². The van der Waals surface area contributed by atoms with Crippen LogP contribution in [-0.2, 0) is 29.1 Å². The Morgan fingerprint density at radius 2 is 2.04 bits per heavy atom. The van der Waals surface area contributed by atoms with Crippen molar-refractivity contribution in [3.05, 3.63) is 45.8 Å². The van der Waals surface area contributed by atoms with Gasteiger partial charge in [-0.1, -0.05) is 12.8 Å². The molecule has 0 radical (unpaired) electrons. The van der Waals surface area contributed by atoms with Crippen molar-refractivity contribution < 1.29 is 8.42 Å². The highest BCUT2D eigenvalue weighted by Crippen LogP contribution is 2.34. The molecule has 2 aromatic heterocycles. The third-order valence-electron chi connectivity index (χ3n) is 4.46. The molecule has 0 N–H and O–H groups in total. The highest BCUT2D eigenvalue weighted by atomic mass is 32.2. The van der Waals surface area contributed by atoms with Crippen molar-refractivity contribution in [1.29, 1.82) is 0 Å². The maximum atomic E-state index is 12.0. The van der Waals surface area contributed by atoms with Crippen LogP contribution in [0.25, 0.3) is 11.3 Å². The number of aryl methyl sites for hydroxylation is 3. The maximum absolute atomic E-state index is 12.0. The molecule has 6 nitrogen and oxygen atoms in total. The fourth-order valence-electron chi connectivity index (χ4n) is 2.95. The molecule has 25 heavy (non-hydrogen) atoms. The van der Waals surface area contributed by atoms with Gasteiger partial charge in [0, 0.05) is 36.8 Å². The van der Waals surface area contributed by atoms with Crippen LogP contribution in [0.4, 0.5) is 0 Å². The van der Waals surface area contributed by atoms with E-state index in [9.17, 15) is 13.2 Å². The van der Waals surface area contributed by atoms with E-state index in [1.165, 1.54) is 23.7 Å². The number of sulfone groups is 1. The smallest absolute Gasteiger partial charge is 0.253 e. The summed E-state index contributed by atoms with van der Waals surface area (Å²) in [6.07, 6.45) is 9.18. The Labute approximate surface area is 147 Å². The second-order valence-electron chi connectivity index (χ2n) is 7.04. The number of aromatic nitrogens is 3. The largest absolute Gasteiger partial charge is 0.318 e. The summed E-state index contributed by atoms with van der Waals surface area (Å²) in [7, 11) is -1.50. The SMILES string of the molecule is Cc1cc(-c2nc(CS(C)(=O)=O)ncc2CCC2CC2)cn(C)c1=O. The van der Waals surface area contributed by atoms with Gasteiger partial charge in [0.25, 0.3) is 5.56 Å². The molecule has 0 amide bonds. The summed E-state index contributed by atoms with van der Waals surface area (Å²) in [5.41, 5.74) is 3.14. The number of hydrogen-bond donors (Lipinski definition) is 0. The average Bonchev–Trinajstić information content (AvgIpc) is 3.33. The molecule has 0 saturated heterocycles. The summed E-state index contributed by atoms with van der Waals surface area (Å²) in [5, 5.41) is 0. The van der Waals surface area contributed by atoms with E-state index in [0.29, 0.717) is 11.4 Å². The zero-order valence-corrected chi connectivity index (χ0v) is 15.6. The molecule has 0 aromatic carbocycles. The van der Waals surface area contributed by atoms with E-state index in [1.807, 2.05) is 6.07 Å². The monoisotopic (exact) mass is 361 g/mol. The summed E-state index contributed by atoms with van der Waals surface area (Å²) in [6.45, 7) is 1.77. The van der Waals surface area contributed by atoms with Gasteiger partial charge in [0.2, 0.25) is 0 Å². The molecular weight excluding hydrogens is 338 g/mol. The molecule has 0 aliphatic heterocycles. The maximum Gasteiger partial charge on any atom is 0.253 e. The molecule has 0 atom stereocenters. The number of nitrogens with zero attached hydrogens (tertiary/aromatic N) is 3. The summed E-state index contributed by atoms with van der Waals surface area (Å²) in [5.74, 6) is 0.887. The van der Waals surface area contributed by atoms with Crippen LogP contribution in [0.15, 0.2) is 23.3 Å². The molecule has 0 spiro atoms.